The van der Waals surface area contributed by atoms with Crippen LogP contribution >= 0.6 is 11.6 Å². The van der Waals surface area contributed by atoms with Crippen LogP contribution in [-0.2, 0) is 32.3 Å². The van der Waals surface area contributed by atoms with Crippen molar-refractivity contribution in [3.63, 3.8) is 0 Å². The first-order chi connectivity index (χ1) is 16.4. The van der Waals surface area contributed by atoms with Crippen molar-refractivity contribution in [1.29, 1.82) is 0 Å². The average molecular weight is 548 g/mol. The van der Waals surface area contributed by atoms with Crippen molar-refractivity contribution in [1.82, 2.24) is 10.2 Å². The van der Waals surface area contributed by atoms with E-state index in [-0.39, 0.29) is 12.2 Å². The van der Waals surface area contributed by atoms with Gasteiger partial charge in [0.1, 0.15) is 12.6 Å². The van der Waals surface area contributed by atoms with E-state index in [1.54, 1.807) is 45.0 Å². The normalized spacial score (nSPS) is 13.1. The number of hydrogen-bond donors (Lipinski definition) is 1. The lowest BCUT2D eigenvalue weighted by atomic mass is 10.1. The number of nitrogens with zero attached hydrogens (tertiary/aromatic N) is 2. The van der Waals surface area contributed by atoms with Crippen LogP contribution in [0.3, 0.4) is 0 Å². The Labute approximate surface area is 214 Å². The highest BCUT2D eigenvalue weighted by Crippen LogP contribution is 2.32. The SMILES string of the molecule is CC(C(=O)NC(C)(C)C)N(Cc1ccccc1Cl)C(=O)CN(c1cccc(C(F)(F)F)c1)S(C)(=O)=O. The van der Waals surface area contributed by atoms with Gasteiger partial charge in [0.25, 0.3) is 0 Å². The Morgan fingerprint density at radius 1 is 1.06 bits per heavy atom. The number of hydrogen-bond acceptors (Lipinski definition) is 4. The van der Waals surface area contributed by atoms with E-state index in [0.717, 1.165) is 29.4 Å². The maximum absolute atomic E-state index is 13.5. The lowest BCUT2D eigenvalue weighted by Crippen LogP contribution is -2.54. The summed E-state index contributed by atoms with van der Waals surface area (Å²) in [4.78, 5) is 27.5. The number of sulfonamides is 1. The zero-order valence-electron chi connectivity index (χ0n) is 20.6. The molecule has 2 amide bonds. The fraction of sp³-hybridized carbons (Fsp3) is 0.417. The van der Waals surface area contributed by atoms with Crippen LogP contribution in [0.15, 0.2) is 48.5 Å². The number of benzene rings is 2. The van der Waals surface area contributed by atoms with Crippen molar-refractivity contribution < 1.29 is 31.2 Å². The summed E-state index contributed by atoms with van der Waals surface area (Å²) >= 11 is 6.25. The first kappa shape index (κ1) is 29.4. The molecule has 1 atom stereocenters. The van der Waals surface area contributed by atoms with E-state index in [0.29, 0.717) is 21.0 Å². The summed E-state index contributed by atoms with van der Waals surface area (Å²) < 4.78 is 65.3. The second kappa shape index (κ2) is 11.1. The quantitative estimate of drug-likeness (QED) is 0.529. The molecule has 198 valence electrons. The van der Waals surface area contributed by atoms with Gasteiger partial charge in [0.2, 0.25) is 21.8 Å². The third kappa shape index (κ3) is 8.12. The van der Waals surface area contributed by atoms with E-state index < -0.39 is 51.7 Å². The summed E-state index contributed by atoms with van der Waals surface area (Å²) in [5.41, 5.74) is -1.49. The number of carbonyl (C=O) groups excluding carboxylic acids is 2. The highest BCUT2D eigenvalue weighted by Gasteiger charge is 2.34. The first-order valence-electron chi connectivity index (χ1n) is 10.9. The molecule has 0 saturated carbocycles. The topological polar surface area (TPSA) is 86.8 Å². The van der Waals surface area contributed by atoms with E-state index in [2.05, 4.69) is 5.32 Å². The molecular weight excluding hydrogens is 519 g/mol. The van der Waals surface area contributed by atoms with Gasteiger partial charge in [-0.3, -0.25) is 13.9 Å². The van der Waals surface area contributed by atoms with Gasteiger partial charge in [-0.2, -0.15) is 13.2 Å². The van der Waals surface area contributed by atoms with Crippen LogP contribution in [0.4, 0.5) is 18.9 Å². The molecule has 0 aliphatic carbocycles. The Morgan fingerprint density at radius 3 is 2.19 bits per heavy atom. The van der Waals surface area contributed by atoms with Gasteiger partial charge in [-0.15, -0.1) is 0 Å². The molecule has 2 aromatic rings. The largest absolute Gasteiger partial charge is 0.416 e. The third-order valence-electron chi connectivity index (χ3n) is 5.10. The maximum Gasteiger partial charge on any atom is 0.416 e. The minimum absolute atomic E-state index is 0.128. The number of halogens is 4. The predicted molar refractivity (Wildman–Crippen MR) is 133 cm³/mol. The van der Waals surface area contributed by atoms with Crippen LogP contribution in [0.25, 0.3) is 0 Å². The number of anilines is 1. The van der Waals surface area contributed by atoms with Gasteiger partial charge in [-0.1, -0.05) is 35.9 Å². The zero-order chi connectivity index (χ0) is 27.5. The molecule has 0 aliphatic rings. The lowest BCUT2D eigenvalue weighted by Gasteiger charge is -2.33. The molecule has 0 fully saturated rings. The minimum atomic E-state index is -4.71. The fourth-order valence-corrected chi connectivity index (χ4v) is 4.35. The molecule has 1 N–H and O–H groups in total. The third-order valence-corrected chi connectivity index (χ3v) is 6.61. The Bertz CT molecular complexity index is 1210. The minimum Gasteiger partial charge on any atom is -0.350 e. The molecular formula is C24H29ClF3N3O4S. The monoisotopic (exact) mass is 547 g/mol. The van der Waals surface area contributed by atoms with Crippen molar-refractivity contribution in [2.24, 2.45) is 0 Å². The summed E-state index contributed by atoms with van der Waals surface area (Å²) in [7, 11) is -4.17. The van der Waals surface area contributed by atoms with E-state index in [9.17, 15) is 31.2 Å². The number of alkyl halides is 3. The smallest absolute Gasteiger partial charge is 0.350 e. The molecule has 1 unspecified atom stereocenters. The van der Waals surface area contributed by atoms with Crippen molar-refractivity contribution in [2.45, 2.75) is 52.0 Å². The van der Waals surface area contributed by atoms with Crippen LogP contribution < -0.4 is 9.62 Å². The Kier molecular flexibility index (Phi) is 9.06. The second-order valence-electron chi connectivity index (χ2n) is 9.35. The molecule has 0 spiro atoms. The van der Waals surface area contributed by atoms with Crippen molar-refractivity contribution in [3.8, 4) is 0 Å². The molecule has 2 aromatic carbocycles. The molecule has 0 bridgehead atoms. The maximum atomic E-state index is 13.5. The van der Waals surface area contributed by atoms with E-state index in [1.807, 2.05) is 0 Å². The van der Waals surface area contributed by atoms with Crippen LogP contribution in [0.1, 0.15) is 38.8 Å². The zero-order valence-corrected chi connectivity index (χ0v) is 22.1. The molecule has 0 aromatic heterocycles. The summed E-state index contributed by atoms with van der Waals surface area (Å²) in [6.45, 7) is 5.81. The molecule has 0 radical (unpaired) electrons. The Balaban J connectivity index is 2.47. The van der Waals surface area contributed by atoms with Crippen molar-refractivity contribution in [2.75, 3.05) is 17.1 Å². The van der Waals surface area contributed by atoms with Gasteiger partial charge in [-0.25, -0.2) is 8.42 Å². The summed E-state index contributed by atoms with van der Waals surface area (Å²) in [5.74, 6) is -1.29. The molecule has 36 heavy (non-hydrogen) atoms. The number of rotatable bonds is 8. The predicted octanol–water partition coefficient (Wildman–Crippen LogP) is 4.46. The Hall–Kier alpha value is -2.79. The van der Waals surface area contributed by atoms with Crippen LogP contribution in [0, 0.1) is 0 Å². The fourth-order valence-electron chi connectivity index (χ4n) is 3.32. The highest BCUT2D eigenvalue weighted by atomic mass is 35.5. The van der Waals surface area contributed by atoms with E-state index in [1.165, 1.54) is 6.92 Å². The lowest BCUT2D eigenvalue weighted by molar-refractivity contribution is -0.140. The Morgan fingerprint density at radius 2 is 1.67 bits per heavy atom. The van der Waals surface area contributed by atoms with Gasteiger partial charge >= 0.3 is 6.18 Å². The van der Waals surface area contributed by atoms with Gasteiger partial charge in [0.15, 0.2) is 0 Å². The van der Waals surface area contributed by atoms with E-state index >= 15 is 0 Å². The molecule has 0 aliphatic heterocycles. The second-order valence-corrected chi connectivity index (χ2v) is 11.7. The number of amides is 2. The summed E-state index contributed by atoms with van der Waals surface area (Å²) in [6.07, 6.45) is -3.92. The molecule has 0 heterocycles. The van der Waals surface area contributed by atoms with Gasteiger partial charge in [0.05, 0.1) is 17.5 Å². The highest BCUT2D eigenvalue weighted by molar-refractivity contribution is 7.92. The van der Waals surface area contributed by atoms with Crippen LogP contribution in [0.2, 0.25) is 5.02 Å². The number of carbonyl (C=O) groups is 2. The molecule has 12 heteroatoms. The van der Waals surface area contributed by atoms with Crippen LogP contribution in [-0.4, -0.2) is 49.5 Å². The van der Waals surface area contributed by atoms with Crippen molar-refractivity contribution in [3.05, 3.63) is 64.7 Å². The first-order valence-corrected chi connectivity index (χ1v) is 13.1. The average Bonchev–Trinajstić information content (AvgIpc) is 2.73. The molecule has 7 nitrogen and oxygen atoms in total. The van der Waals surface area contributed by atoms with Crippen LogP contribution in [0.5, 0.6) is 0 Å². The van der Waals surface area contributed by atoms with Gasteiger partial charge in [0, 0.05) is 17.1 Å². The van der Waals surface area contributed by atoms with E-state index in [4.69, 9.17) is 11.6 Å². The molecule has 2 rings (SSSR count). The summed E-state index contributed by atoms with van der Waals surface area (Å²) in [6, 6.07) is 9.26. The standard InChI is InChI=1S/C24H29ClF3N3O4S/c1-16(22(33)29-23(2,3)4)30(14-17-9-6-7-12-20(17)25)21(32)15-31(36(5,34)35)19-11-8-10-18(13-19)24(26,27)28/h6-13,16H,14-15H2,1-5H3,(H,29,33). The summed E-state index contributed by atoms with van der Waals surface area (Å²) in [5, 5.41) is 3.10. The van der Waals surface area contributed by atoms with Crippen molar-refractivity contribution >= 4 is 39.1 Å². The number of nitrogens with one attached hydrogen (secondary N) is 1. The van der Waals surface area contributed by atoms with Gasteiger partial charge < -0.3 is 10.2 Å². The molecule has 0 saturated heterocycles. The van der Waals surface area contributed by atoms with Gasteiger partial charge in [-0.05, 0) is 57.5 Å².